The van der Waals surface area contributed by atoms with Gasteiger partial charge in [0.05, 0.1) is 25.7 Å². The second-order valence-corrected chi connectivity index (χ2v) is 10.6. The first-order valence-electron chi connectivity index (χ1n) is 11.8. The van der Waals surface area contributed by atoms with E-state index in [1.165, 1.54) is 23.1 Å². The van der Waals surface area contributed by atoms with Gasteiger partial charge < -0.3 is 14.6 Å². The van der Waals surface area contributed by atoms with Gasteiger partial charge >= 0.3 is 5.88 Å². The molecule has 5 aromatic rings. The summed E-state index contributed by atoms with van der Waals surface area (Å²) in [6, 6.07) is 21.3. The van der Waals surface area contributed by atoms with Gasteiger partial charge in [-0.15, -0.1) is 4.40 Å². The average molecular weight is 545 g/mol. The standard InChI is InChI=1S/C29H25N3O4S2/c1-17-13-24(20-7-11-23(36-4)12-8-20)31-29(30-17)37-16-25(33)27-28(34)32-18(2)14-21(15-26(32)38-27)19-5-9-22(35-3)10-6-19/h5-15H,16H2,1-4H3/p+1. The highest BCUT2D eigenvalue weighted by molar-refractivity contribution is 7.99. The molecule has 0 fully saturated rings. The maximum absolute atomic E-state index is 13.2. The molecule has 1 N–H and O–H groups in total. The number of Topliss-reactive ketones (excluding diaryl/α,β-unsaturated/α-hetero) is 1. The SMILES string of the molecule is COc1ccc(-c2cc(C)[n+]3c(O)c(C(=O)CSc4nc(C)cc(-c5ccc(OC)cc5)n4)sc3c2)cc1. The van der Waals surface area contributed by atoms with Crippen molar-refractivity contribution in [3.05, 3.63) is 83.0 Å². The Morgan fingerprint density at radius 3 is 2.16 bits per heavy atom. The molecule has 0 unspecified atom stereocenters. The molecule has 0 aliphatic rings. The fourth-order valence-electron chi connectivity index (χ4n) is 4.14. The number of thiazole rings is 1. The summed E-state index contributed by atoms with van der Waals surface area (Å²) in [5.41, 5.74) is 5.38. The van der Waals surface area contributed by atoms with Gasteiger partial charge in [-0.1, -0.05) is 35.2 Å². The predicted molar refractivity (Wildman–Crippen MR) is 150 cm³/mol. The van der Waals surface area contributed by atoms with Crippen LogP contribution in [0, 0.1) is 13.8 Å². The number of pyridine rings is 1. The number of benzene rings is 2. The molecule has 5 rings (SSSR count). The molecule has 2 aromatic carbocycles. The van der Waals surface area contributed by atoms with E-state index in [-0.39, 0.29) is 17.4 Å². The summed E-state index contributed by atoms with van der Waals surface area (Å²) in [5.74, 6) is 1.44. The summed E-state index contributed by atoms with van der Waals surface area (Å²) >= 11 is 2.54. The number of thioether (sulfide) groups is 1. The van der Waals surface area contributed by atoms with Crippen LogP contribution in [0.1, 0.15) is 21.1 Å². The minimum Gasteiger partial charge on any atom is -0.497 e. The summed E-state index contributed by atoms with van der Waals surface area (Å²) < 4.78 is 12.2. The maximum atomic E-state index is 13.2. The molecule has 0 saturated heterocycles. The summed E-state index contributed by atoms with van der Waals surface area (Å²) in [5, 5.41) is 11.4. The highest BCUT2D eigenvalue weighted by Gasteiger charge is 2.28. The molecule has 0 saturated carbocycles. The number of fused-ring (bicyclic) bond motifs is 1. The van der Waals surface area contributed by atoms with E-state index >= 15 is 0 Å². The van der Waals surface area contributed by atoms with Gasteiger partial charge in [0.1, 0.15) is 11.5 Å². The third-order valence-corrected chi connectivity index (χ3v) is 8.04. The van der Waals surface area contributed by atoms with Crippen molar-refractivity contribution >= 4 is 33.7 Å². The normalized spacial score (nSPS) is 11.1. The van der Waals surface area contributed by atoms with Crippen molar-refractivity contribution < 1.29 is 23.8 Å². The zero-order valence-corrected chi connectivity index (χ0v) is 23.0. The van der Waals surface area contributed by atoms with Gasteiger partial charge in [0.25, 0.3) is 4.83 Å². The predicted octanol–water partition coefficient (Wildman–Crippen LogP) is 5.93. The van der Waals surface area contributed by atoms with Crippen LogP contribution in [-0.4, -0.2) is 40.8 Å². The molecular weight excluding hydrogens is 518 g/mol. The Hall–Kier alpha value is -3.95. The van der Waals surface area contributed by atoms with E-state index in [2.05, 4.69) is 9.97 Å². The van der Waals surface area contributed by atoms with Gasteiger partial charge in [-0.05, 0) is 60.5 Å². The van der Waals surface area contributed by atoms with E-state index in [1.807, 2.05) is 80.6 Å². The van der Waals surface area contributed by atoms with Crippen LogP contribution in [0.25, 0.3) is 27.2 Å². The van der Waals surface area contributed by atoms with E-state index in [9.17, 15) is 9.90 Å². The number of hydrogen-bond acceptors (Lipinski definition) is 8. The quantitative estimate of drug-likeness (QED) is 0.112. The van der Waals surface area contributed by atoms with Gasteiger partial charge in [0, 0.05) is 30.3 Å². The number of ketones is 1. The second kappa shape index (κ2) is 10.8. The van der Waals surface area contributed by atoms with Gasteiger partial charge in [-0.2, -0.15) is 0 Å². The van der Waals surface area contributed by atoms with Crippen LogP contribution in [-0.2, 0) is 0 Å². The molecule has 0 spiro atoms. The lowest BCUT2D eigenvalue weighted by Gasteiger charge is -2.06. The lowest BCUT2D eigenvalue weighted by atomic mass is 10.1. The van der Waals surface area contributed by atoms with Crippen LogP contribution in [0.2, 0.25) is 0 Å². The third-order valence-electron chi connectivity index (χ3n) is 6.07. The van der Waals surface area contributed by atoms with E-state index in [4.69, 9.17) is 9.47 Å². The van der Waals surface area contributed by atoms with Crippen molar-refractivity contribution in [3.63, 3.8) is 0 Å². The van der Waals surface area contributed by atoms with E-state index in [0.717, 1.165) is 50.1 Å². The number of aromatic nitrogens is 3. The zero-order chi connectivity index (χ0) is 26.8. The molecule has 0 radical (unpaired) electrons. The van der Waals surface area contributed by atoms with Crippen molar-refractivity contribution in [1.29, 1.82) is 0 Å². The molecule has 3 heterocycles. The Morgan fingerprint density at radius 2 is 1.53 bits per heavy atom. The van der Waals surface area contributed by atoms with E-state index < -0.39 is 0 Å². The molecule has 0 amide bonds. The molecule has 7 nitrogen and oxygen atoms in total. The van der Waals surface area contributed by atoms with Crippen LogP contribution >= 0.6 is 23.1 Å². The zero-order valence-electron chi connectivity index (χ0n) is 21.4. The Balaban J connectivity index is 1.38. The molecular formula is C29H26N3O4S2+. The molecule has 3 aromatic heterocycles. The Labute approximate surface area is 228 Å². The number of ether oxygens (including phenoxy) is 2. The Morgan fingerprint density at radius 1 is 0.895 bits per heavy atom. The van der Waals surface area contributed by atoms with E-state index in [1.54, 1.807) is 18.6 Å². The largest absolute Gasteiger partial charge is 0.497 e. The van der Waals surface area contributed by atoms with Gasteiger partial charge in [0.2, 0.25) is 0 Å². The minimum absolute atomic E-state index is 0.0431. The summed E-state index contributed by atoms with van der Waals surface area (Å²) in [6.07, 6.45) is 0. The number of hydrogen-bond donors (Lipinski definition) is 1. The van der Waals surface area contributed by atoms with Gasteiger partial charge in [0.15, 0.2) is 21.5 Å². The van der Waals surface area contributed by atoms with Crippen LogP contribution in [0.15, 0.2) is 71.9 Å². The molecule has 0 aliphatic carbocycles. The summed E-state index contributed by atoms with van der Waals surface area (Å²) in [6.45, 7) is 3.81. The lowest BCUT2D eigenvalue weighted by molar-refractivity contribution is -0.525. The smallest absolute Gasteiger partial charge is 0.394 e. The second-order valence-electron chi connectivity index (χ2n) is 8.66. The number of nitrogens with zero attached hydrogens (tertiary/aromatic N) is 3. The molecule has 0 bridgehead atoms. The summed E-state index contributed by atoms with van der Waals surface area (Å²) in [4.78, 5) is 23.4. The van der Waals surface area contributed by atoms with Crippen molar-refractivity contribution in [3.8, 4) is 39.8 Å². The third kappa shape index (κ3) is 5.20. The fourth-order valence-corrected chi connectivity index (χ4v) is 6.10. The first-order valence-corrected chi connectivity index (χ1v) is 13.6. The molecule has 38 heavy (non-hydrogen) atoms. The Bertz CT molecular complexity index is 1630. The maximum Gasteiger partial charge on any atom is 0.394 e. The summed E-state index contributed by atoms with van der Waals surface area (Å²) in [7, 11) is 3.27. The highest BCUT2D eigenvalue weighted by atomic mass is 32.2. The number of carbonyl (C=O) groups excluding carboxylic acids is 1. The minimum atomic E-state index is -0.178. The van der Waals surface area contributed by atoms with Crippen LogP contribution in [0.4, 0.5) is 0 Å². The number of aryl methyl sites for hydroxylation is 2. The van der Waals surface area contributed by atoms with Crippen LogP contribution < -0.4 is 13.9 Å². The average Bonchev–Trinajstić information content (AvgIpc) is 3.28. The number of aromatic hydroxyl groups is 1. The Kier molecular flexibility index (Phi) is 7.31. The fraction of sp³-hybridized carbons (Fsp3) is 0.172. The van der Waals surface area contributed by atoms with Crippen molar-refractivity contribution in [2.45, 2.75) is 19.0 Å². The molecule has 9 heteroatoms. The molecule has 192 valence electrons. The topological polar surface area (TPSA) is 85.6 Å². The molecule has 0 atom stereocenters. The van der Waals surface area contributed by atoms with Crippen LogP contribution in [0.3, 0.4) is 0 Å². The number of methoxy groups -OCH3 is 2. The lowest BCUT2D eigenvalue weighted by Crippen LogP contribution is -2.23. The number of rotatable bonds is 8. The highest BCUT2D eigenvalue weighted by Crippen LogP contribution is 2.31. The van der Waals surface area contributed by atoms with Gasteiger partial charge in [-0.3, -0.25) is 4.79 Å². The monoisotopic (exact) mass is 544 g/mol. The van der Waals surface area contributed by atoms with Crippen LogP contribution in [0.5, 0.6) is 17.4 Å². The van der Waals surface area contributed by atoms with Gasteiger partial charge in [-0.25, -0.2) is 9.97 Å². The first-order chi connectivity index (χ1) is 18.4. The molecule has 0 aliphatic heterocycles. The van der Waals surface area contributed by atoms with Crippen molar-refractivity contribution in [1.82, 2.24) is 9.97 Å². The van der Waals surface area contributed by atoms with Crippen molar-refractivity contribution in [2.24, 2.45) is 0 Å². The van der Waals surface area contributed by atoms with Crippen molar-refractivity contribution in [2.75, 3.05) is 20.0 Å². The first kappa shape index (κ1) is 25.7. The van der Waals surface area contributed by atoms with E-state index in [0.29, 0.717) is 10.0 Å². The number of carbonyl (C=O) groups is 1.